The molecular formula is C12H13ClN4. The second-order valence-electron chi connectivity index (χ2n) is 3.87. The van der Waals surface area contributed by atoms with Crippen LogP contribution >= 0.6 is 11.6 Å². The van der Waals surface area contributed by atoms with Crippen LogP contribution in [-0.2, 0) is 0 Å². The molecule has 5 heteroatoms. The smallest absolute Gasteiger partial charge is 0.158 e. The van der Waals surface area contributed by atoms with Crippen molar-refractivity contribution in [2.24, 2.45) is 0 Å². The van der Waals surface area contributed by atoms with Crippen molar-refractivity contribution >= 4 is 28.8 Å². The summed E-state index contributed by atoms with van der Waals surface area (Å²) < 4.78 is 0. The Morgan fingerprint density at radius 2 is 2.00 bits per heavy atom. The summed E-state index contributed by atoms with van der Waals surface area (Å²) in [6, 6.07) is 6.09. The Hall–Kier alpha value is -1.81. The topological polar surface area (TPSA) is 63.8 Å². The summed E-state index contributed by atoms with van der Waals surface area (Å²) in [5.74, 6) is 0.525. The van der Waals surface area contributed by atoms with Crippen LogP contribution in [0.3, 0.4) is 0 Å². The molecule has 1 heterocycles. The van der Waals surface area contributed by atoms with Crippen LogP contribution in [0.4, 0.5) is 17.2 Å². The Labute approximate surface area is 105 Å². The van der Waals surface area contributed by atoms with E-state index in [1.54, 1.807) is 0 Å². The van der Waals surface area contributed by atoms with Gasteiger partial charge in [-0.05, 0) is 25.5 Å². The number of hydrogen-bond donors (Lipinski definition) is 2. The van der Waals surface area contributed by atoms with Crippen LogP contribution in [0.1, 0.15) is 11.1 Å². The Morgan fingerprint density at radius 1 is 1.24 bits per heavy atom. The van der Waals surface area contributed by atoms with E-state index in [1.165, 1.54) is 11.9 Å². The van der Waals surface area contributed by atoms with Gasteiger partial charge in [0, 0.05) is 5.69 Å². The van der Waals surface area contributed by atoms with Crippen LogP contribution in [-0.4, -0.2) is 9.97 Å². The molecule has 0 amide bonds. The lowest BCUT2D eigenvalue weighted by atomic mass is 10.1. The molecule has 0 aliphatic rings. The van der Waals surface area contributed by atoms with Gasteiger partial charge < -0.3 is 11.1 Å². The third-order valence-corrected chi connectivity index (χ3v) is 2.77. The molecule has 0 saturated heterocycles. The molecule has 3 N–H and O–H groups in total. The number of aromatic nitrogens is 2. The fourth-order valence-corrected chi connectivity index (χ4v) is 1.69. The zero-order valence-electron chi connectivity index (χ0n) is 9.66. The fraction of sp³-hybridized carbons (Fsp3) is 0.167. The number of rotatable bonds is 2. The van der Waals surface area contributed by atoms with Gasteiger partial charge in [-0.15, -0.1) is 0 Å². The van der Waals surface area contributed by atoms with E-state index in [4.69, 9.17) is 17.3 Å². The highest BCUT2D eigenvalue weighted by Gasteiger charge is 2.07. The molecule has 0 atom stereocenters. The molecule has 0 bridgehead atoms. The molecule has 2 aromatic rings. The number of nitrogens with two attached hydrogens (primary N) is 1. The van der Waals surface area contributed by atoms with Crippen LogP contribution in [0.25, 0.3) is 0 Å². The van der Waals surface area contributed by atoms with Crippen LogP contribution in [0.15, 0.2) is 24.5 Å². The minimum absolute atomic E-state index is 0.257. The Bertz CT molecular complexity index is 554. The van der Waals surface area contributed by atoms with Gasteiger partial charge in [0.05, 0.1) is 0 Å². The summed E-state index contributed by atoms with van der Waals surface area (Å²) in [6.45, 7) is 4.07. The Morgan fingerprint density at radius 3 is 2.71 bits per heavy atom. The maximum atomic E-state index is 5.83. The number of nitrogens with one attached hydrogen (secondary N) is 1. The Kier molecular flexibility index (Phi) is 3.15. The van der Waals surface area contributed by atoms with Crippen molar-refractivity contribution in [1.29, 1.82) is 0 Å². The first-order valence-electron chi connectivity index (χ1n) is 5.18. The lowest BCUT2D eigenvalue weighted by Gasteiger charge is -2.11. The van der Waals surface area contributed by atoms with Crippen LogP contribution in [0.5, 0.6) is 0 Å². The first-order chi connectivity index (χ1) is 8.08. The van der Waals surface area contributed by atoms with Crippen molar-refractivity contribution in [3.05, 3.63) is 40.8 Å². The first kappa shape index (κ1) is 11.7. The summed E-state index contributed by atoms with van der Waals surface area (Å²) in [5.41, 5.74) is 9.44. The van der Waals surface area contributed by atoms with Crippen molar-refractivity contribution in [2.45, 2.75) is 13.8 Å². The molecule has 0 aliphatic heterocycles. The molecule has 1 aromatic heterocycles. The standard InChI is InChI=1S/C12H13ClN4/c1-7-3-4-9(8(2)5-7)17-12-10(14)11(13)15-6-16-12/h3-6H,14H2,1-2H3,(H,15,16,17). The highest BCUT2D eigenvalue weighted by atomic mass is 35.5. The van der Waals surface area contributed by atoms with Gasteiger partial charge in [0.2, 0.25) is 0 Å². The summed E-state index contributed by atoms with van der Waals surface area (Å²) in [6.07, 6.45) is 1.38. The predicted octanol–water partition coefficient (Wildman–Crippen LogP) is 3.07. The maximum Gasteiger partial charge on any atom is 0.158 e. The van der Waals surface area contributed by atoms with Crippen molar-refractivity contribution < 1.29 is 0 Å². The average Bonchev–Trinajstić information content (AvgIpc) is 2.28. The van der Waals surface area contributed by atoms with Crippen molar-refractivity contribution in [3.8, 4) is 0 Å². The quantitative estimate of drug-likeness (QED) is 0.802. The molecule has 17 heavy (non-hydrogen) atoms. The molecule has 0 spiro atoms. The molecule has 1 aromatic carbocycles. The minimum atomic E-state index is 0.257. The minimum Gasteiger partial charge on any atom is -0.393 e. The van der Waals surface area contributed by atoms with E-state index < -0.39 is 0 Å². The molecule has 4 nitrogen and oxygen atoms in total. The molecule has 0 unspecified atom stereocenters. The van der Waals surface area contributed by atoms with E-state index >= 15 is 0 Å². The van der Waals surface area contributed by atoms with E-state index in [9.17, 15) is 0 Å². The second kappa shape index (κ2) is 4.59. The number of anilines is 3. The molecule has 0 fully saturated rings. The number of halogens is 1. The van der Waals surface area contributed by atoms with Gasteiger partial charge >= 0.3 is 0 Å². The molecule has 0 radical (unpaired) electrons. The van der Waals surface area contributed by atoms with Crippen molar-refractivity contribution in [1.82, 2.24) is 9.97 Å². The van der Waals surface area contributed by atoms with Crippen LogP contribution in [0, 0.1) is 13.8 Å². The first-order valence-corrected chi connectivity index (χ1v) is 5.56. The second-order valence-corrected chi connectivity index (χ2v) is 4.23. The van der Waals surface area contributed by atoms with Crippen LogP contribution in [0.2, 0.25) is 5.15 Å². The molecule has 0 aliphatic carbocycles. The monoisotopic (exact) mass is 248 g/mol. The maximum absolute atomic E-state index is 5.83. The predicted molar refractivity (Wildman–Crippen MR) is 70.7 cm³/mol. The normalized spacial score (nSPS) is 10.3. The van der Waals surface area contributed by atoms with Gasteiger partial charge in [-0.2, -0.15) is 0 Å². The van der Waals surface area contributed by atoms with Gasteiger partial charge in [0.15, 0.2) is 11.0 Å². The van der Waals surface area contributed by atoms with Crippen molar-refractivity contribution in [3.63, 3.8) is 0 Å². The molecule has 2 rings (SSSR count). The number of aryl methyl sites for hydroxylation is 2. The fourth-order valence-electron chi connectivity index (χ4n) is 1.56. The third kappa shape index (κ3) is 2.47. The highest BCUT2D eigenvalue weighted by molar-refractivity contribution is 6.32. The SMILES string of the molecule is Cc1ccc(Nc2ncnc(Cl)c2N)c(C)c1. The zero-order chi connectivity index (χ0) is 12.4. The van der Waals surface area contributed by atoms with Gasteiger partial charge in [-0.3, -0.25) is 0 Å². The summed E-state index contributed by atoms with van der Waals surface area (Å²) in [5, 5.41) is 3.40. The lowest BCUT2D eigenvalue weighted by molar-refractivity contribution is 1.17. The third-order valence-electron chi connectivity index (χ3n) is 2.47. The van der Waals surface area contributed by atoms with Gasteiger partial charge in [-0.1, -0.05) is 29.3 Å². The molecular weight excluding hydrogens is 236 g/mol. The number of hydrogen-bond acceptors (Lipinski definition) is 4. The molecule has 88 valence electrons. The number of benzene rings is 1. The number of nitrogens with zero attached hydrogens (tertiary/aromatic N) is 2. The average molecular weight is 249 g/mol. The van der Waals surface area contributed by atoms with E-state index in [1.807, 2.05) is 26.0 Å². The highest BCUT2D eigenvalue weighted by Crippen LogP contribution is 2.27. The van der Waals surface area contributed by atoms with E-state index in [0.717, 1.165) is 11.3 Å². The number of nitrogen functional groups attached to an aromatic ring is 1. The van der Waals surface area contributed by atoms with E-state index in [2.05, 4.69) is 21.4 Å². The Balaban J connectivity index is 2.35. The molecule has 0 saturated carbocycles. The summed E-state index contributed by atoms with van der Waals surface area (Å²) >= 11 is 5.83. The van der Waals surface area contributed by atoms with Crippen molar-refractivity contribution in [2.75, 3.05) is 11.1 Å². The van der Waals surface area contributed by atoms with Gasteiger partial charge in [0.25, 0.3) is 0 Å². The van der Waals surface area contributed by atoms with E-state index in [-0.39, 0.29) is 5.15 Å². The zero-order valence-corrected chi connectivity index (χ0v) is 10.4. The lowest BCUT2D eigenvalue weighted by Crippen LogP contribution is -2.02. The summed E-state index contributed by atoms with van der Waals surface area (Å²) in [7, 11) is 0. The summed E-state index contributed by atoms with van der Waals surface area (Å²) in [4.78, 5) is 7.87. The van der Waals surface area contributed by atoms with Gasteiger partial charge in [0.1, 0.15) is 12.0 Å². The van der Waals surface area contributed by atoms with E-state index in [0.29, 0.717) is 11.5 Å². The van der Waals surface area contributed by atoms with Gasteiger partial charge in [-0.25, -0.2) is 9.97 Å². The van der Waals surface area contributed by atoms with Crippen LogP contribution < -0.4 is 11.1 Å². The largest absolute Gasteiger partial charge is 0.393 e.